The minimum Gasteiger partial charge on any atom is -0.497 e. The summed E-state index contributed by atoms with van der Waals surface area (Å²) in [6, 6.07) is 11.1. The van der Waals surface area contributed by atoms with E-state index in [2.05, 4.69) is 5.32 Å². The van der Waals surface area contributed by atoms with Gasteiger partial charge in [0.15, 0.2) is 0 Å². The van der Waals surface area contributed by atoms with E-state index in [1.54, 1.807) is 12.1 Å². The lowest BCUT2D eigenvalue weighted by Gasteiger charge is -2.27. The molecular formula is C22H25FN2O4S. The third kappa shape index (κ3) is 4.14. The number of anilines is 1. The molecular weight excluding hydrogens is 407 g/mol. The largest absolute Gasteiger partial charge is 0.497 e. The Bertz CT molecular complexity index is 1010. The van der Waals surface area contributed by atoms with Crippen LogP contribution in [0, 0.1) is 17.7 Å². The van der Waals surface area contributed by atoms with Crippen molar-refractivity contribution in [2.75, 3.05) is 18.0 Å². The first kappa shape index (κ1) is 20.7. The second-order valence-corrected chi connectivity index (χ2v) is 9.87. The molecule has 2 aromatic carbocycles. The maximum absolute atomic E-state index is 13.4. The zero-order chi connectivity index (χ0) is 21.3. The first-order valence-electron chi connectivity index (χ1n) is 10.1. The second-order valence-electron chi connectivity index (χ2n) is 8.01. The van der Waals surface area contributed by atoms with Crippen molar-refractivity contribution in [2.24, 2.45) is 11.8 Å². The highest BCUT2D eigenvalue weighted by Gasteiger charge is 2.40. The average molecular weight is 433 g/mol. The molecule has 0 spiro atoms. The van der Waals surface area contributed by atoms with Crippen molar-refractivity contribution in [1.29, 1.82) is 0 Å². The van der Waals surface area contributed by atoms with Crippen LogP contribution in [0.2, 0.25) is 0 Å². The van der Waals surface area contributed by atoms with Crippen LogP contribution in [0.15, 0.2) is 53.4 Å². The number of nitrogens with one attached hydrogen (secondary N) is 1. The number of carbonyl (C=O) groups excluding carboxylic acids is 1. The van der Waals surface area contributed by atoms with Crippen molar-refractivity contribution in [3.05, 3.63) is 54.3 Å². The third-order valence-corrected chi connectivity index (χ3v) is 7.92. The van der Waals surface area contributed by atoms with E-state index in [1.165, 1.54) is 49.9 Å². The van der Waals surface area contributed by atoms with E-state index in [-0.39, 0.29) is 29.1 Å². The lowest BCUT2D eigenvalue weighted by atomic mass is 9.95. The number of sulfonamides is 1. The van der Waals surface area contributed by atoms with Crippen LogP contribution in [-0.4, -0.2) is 34.0 Å². The Morgan fingerprint density at radius 1 is 1.10 bits per heavy atom. The number of rotatable bonds is 7. The Labute approximate surface area is 176 Å². The molecule has 3 unspecified atom stereocenters. The molecule has 2 bridgehead atoms. The Hall–Kier alpha value is -2.61. The molecule has 2 aromatic rings. The van der Waals surface area contributed by atoms with Crippen LogP contribution in [0.1, 0.15) is 25.7 Å². The summed E-state index contributed by atoms with van der Waals surface area (Å²) in [6.07, 6.45) is 4.42. The fraction of sp³-hybridized carbons (Fsp3) is 0.409. The summed E-state index contributed by atoms with van der Waals surface area (Å²) in [5.41, 5.74) is 0.232. The van der Waals surface area contributed by atoms with E-state index in [0.29, 0.717) is 17.6 Å². The van der Waals surface area contributed by atoms with Crippen molar-refractivity contribution in [1.82, 2.24) is 5.32 Å². The molecule has 160 valence electrons. The minimum atomic E-state index is -4.04. The van der Waals surface area contributed by atoms with E-state index < -0.39 is 15.8 Å². The van der Waals surface area contributed by atoms with Crippen LogP contribution < -0.4 is 14.4 Å². The second kappa shape index (κ2) is 8.26. The highest BCUT2D eigenvalue weighted by Crippen LogP contribution is 2.44. The maximum atomic E-state index is 13.4. The number of methoxy groups -OCH3 is 1. The van der Waals surface area contributed by atoms with Crippen molar-refractivity contribution in [2.45, 2.75) is 36.6 Å². The molecule has 4 rings (SSSR count). The standard InChI is InChI=1S/C22H25FN2O4S/c1-29-19-8-10-20(11-9-19)30(27,28)25(18-6-4-17(23)5-7-18)14-22(26)24-21-13-15-2-3-16(21)12-15/h4-11,15-16,21H,2-3,12-14H2,1H3,(H,24,26). The summed E-state index contributed by atoms with van der Waals surface area (Å²) in [7, 11) is -2.54. The van der Waals surface area contributed by atoms with Gasteiger partial charge in [-0.05, 0) is 79.6 Å². The molecule has 0 aliphatic heterocycles. The number of hydrogen-bond acceptors (Lipinski definition) is 4. The molecule has 0 aromatic heterocycles. The predicted octanol–water partition coefficient (Wildman–Crippen LogP) is 3.33. The fourth-order valence-electron chi connectivity index (χ4n) is 4.60. The topological polar surface area (TPSA) is 75.7 Å². The van der Waals surface area contributed by atoms with Crippen LogP contribution in [0.4, 0.5) is 10.1 Å². The number of benzene rings is 2. The number of amides is 1. The highest BCUT2D eigenvalue weighted by atomic mass is 32.2. The van der Waals surface area contributed by atoms with Crippen LogP contribution in [-0.2, 0) is 14.8 Å². The van der Waals surface area contributed by atoms with E-state index in [9.17, 15) is 17.6 Å². The summed E-state index contributed by atoms with van der Waals surface area (Å²) in [5, 5.41) is 3.02. The van der Waals surface area contributed by atoms with Crippen molar-refractivity contribution in [3.63, 3.8) is 0 Å². The molecule has 2 fully saturated rings. The molecule has 0 heterocycles. The lowest BCUT2D eigenvalue weighted by molar-refractivity contribution is -0.120. The van der Waals surface area contributed by atoms with Crippen LogP contribution in [0.25, 0.3) is 0 Å². The molecule has 2 saturated carbocycles. The highest BCUT2D eigenvalue weighted by molar-refractivity contribution is 7.92. The molecule has 2 aliphatic carbocycles. The Kier molecular flexibility index (Phi) is 5.69. The number of hydrogen-bond donors (Lipinski definition) is 1. The van der Waals surface area contributed by atoms with Gasteiger partial charge in [0, 0.05) is 6.04 Å². The van der Waals surface area contributed by atoms with E-state index in [0.717, 1.165) is 23.6 Å². The molecule has 3 atom stereocenters. The summed E-state index contributed by atoms with van der Waals surface area (Å²) in [4.78, 5) is 12.8. The van der Waals surface area contributed by atoms with Gasteiger partial charge in [0.2, 0.25) is 5.91 Å². The Balaban J connectivity index is 1.58. The number of carbonyl (C=O) groups is 1. The van der Waals surface area contributed by atoms with Gasteiger partial charge in [-0.2, -0.15) is 0 Å². The van der Waals surface area contributed by atoms with Gasteiger partial charge in [-0.3, -0.25) is 9.10 Å². The summed E-state index contributed by atoms with van der Waals surface area (Å²) in [5.74, 6) is 0.838. The van der Waals surface area contributed by atoms with Crippen molar-refractivity contribution < 1.29 is 22.3 Å². The molecule has 2 aliphatic rings. The normalized spacial score (nSPS) is 22.7. The number of fused-ring (bicyclic) bond motifs is 2. The van der Waals surface area contributed by atoms with Crippen molar-refractivity contribution in [3.8, 4) is 5.75 Å². The maximum Gasteiger partial charge on any atom is 0.264 e. The first-order chi connectivity index (χ1) is 14.4. The fourth-order valence-corrected chi connectivity index (χ4v) is 6.02. The van der Waals surface area contributed by atoms with E-state index in [1.807, 2.05) is 0 Å². The molecule has 0 radical (unpaired) electrons. The molecule has 1 N–H and O–H groups in total. The Morgan fingerprint density at radius 3 is 2.37 bits per heavy atom. The molecule has 6 nitrogen and oxygen atoms in total. The average Bonchev–Trinajstić information content (AvgIpc) is 3.36. The SMILES string of the molecule is COc1ccc(S(=O)(=O)N(CC(=O)NC2CC3CCC2C3)c2ccc(F)cc2)cc1. The predicted molar refractivity (Wildman–Crippen MR) is 111 cm³/mol. The molecule has 1 amide bonds. The van der Waals surface area contributed by atoms with Gasteiger partial charge in [-0.25, -0.2) is 12.8 Å². The smallest absolute Gasteiger partial charge is 0.264 e. The monoisotopic (exact) mass is 432 g/mol. The van der Waals surface area contributed by atoms with Crippen LogP contribution >= 0.6 is 0 Å². The van der Waals surface area contributed by atoms with E-state index in [4.69, 9.17) is 4.74 Å². The number of nitrogens with zero attached hydrogens (tertiary/aromatic N) is 1. The summed E-state index contributed by atoms with van der Waals surface area (Å²) in [6.45, 7) is -0.367. The van der Waals surface area contributed by atoms with E-state index >= 15 is 0 Å². The zero-order valence-electron chi connectivity index (χ0n) is 16.8. The van der Waals surface area contributed by atoms with Gasteiger partial charge >= 0.3 is 0 Å². The number of ether oxygens (including phenoxy) is 1. The van der Waals surface area contributed by atoms with Crippen LogP contribution in [0.3, 0.4) is 0 Å². The quantitative estimate of drug-likeness (QED) is 0.728. The van der Waals surface area contributed by atoms with Gasteiger partial charge in [-0.15, -0.1) is 0 Å². The zero-order valence-corrected chi connectivity index (χ0v) is 17.6. The van der Waals surface area contributed by atoms with Gasteiger partial charge in [0.05, 0.1) is 17.7 Å². The first-order valence-corrected chi connectivity index (χ1v) is 11.5. The van der Waals surface area contributed by atoms with Gasteiger partial charge < -0.3 is 10.1 Å². The van der Waals surface area contributed by atoms with Crippen LogP contribution in [0.5, 0.6) is 5.75 Å². The molecule has 8 heteroatoms. The van der Waals surface area contributed by atoms with Crippen molar-refractivity contribution >= 4 is 21.6 Å². The summed E-state index contributed by atoms with van der Waals surface area (Å²) < 4.78 is 46.2. The Morgan fingerprint density at radius 2 is 1.80 bits per heavy atom. The van der Waals surface area contributed by atoms with Gasteiger partial charge in [0.25, 0.3) is 10.0 Å². The molecule has 0 saturated heterocycles. The van der Waals surface area contributed by atoms with Gasteiger partial charge in [-0.1, -0.05) is 6.42 Å². The molecule has 30 heavy (non-hydrogen) atoms. The number of halogens is 1. The van der Waals surface area contributed by atoms with Gasteiger partial charge in [0.1, 0.15) is 18.1 Å². The summed E-state index contributed by atoms with van der Waals surface area (Å²) >= 11 is 0. The lowest BCUT2D eigenvalue weighted by Crippen LogP contribution is -2.46. The minimum absolute atomic E-state index is 0.0281. The third-order valence-electron chi connectivity index (χ3n) is 6.13.